The lowest BCUT2D eigenvalue weighted by molar-refractivity contribution is -0.0987. The maximum atomic E-state index is 9.98. The highest BCUT2D eigenvalue weighted by Crippen LogP contribution is 2.72. The van der Waals surface area contributed by atoms with Gasteiger partial charge in [0.2, 0.25) is 0 Å². The van der Waals surface area contributed by atoms with Gasteiger partial charge in [0.05, 0.1) is 0 Å². The summed E-state index contributed by atoms with van der Waals surface area (Å²) in [5.41, 5.74) is 1.74. The molecule has 5 aliphatic rings. The summed E-state index contributed by atoms with van der Waals surface area (Å²) in [6.07, 6.45) is 13.0. The Kier molecular flexibility index (Phi) is 5.49. The Bertz CT molecular complexity index is 684. The van der Waals surface area contributed by atoms with Crippen LogP contribution >= 0.6 is 0 Å². The van der Waals surface area contributed by atoms with Gasteiger partial charge in [0.1, 0.15) is 0 Å². The van der Waals surface area contributed by atoms with Gasteiger partial charge in [-0.3, -0.25) is 0 Å². The van der Waals surface area contributed by atoms with E-state index >= 15 is 0 Å². The van der Waals surface area contributed by atoms with Crippen molar-refractivity contribution in [1.82, 2.24) is 0 Å². The summed E-state index contributed by atoms with van der Waals surface area (Å²) >= 11 is 0. The molecule has 0 saturated heterocycles. The summed E-state index contributed by atoms with van der Waals surface area (Å²) in [5.74, 6) is 8.84. The monoisotopic (exact) mass is 428 g/mol. The molecule has 0 heterocycles. The summed E-state index contributed by atoms with van der Waals surface area (Å²) in [4.78, 5) is 0. The minimum atomic E-state index is 0.438. The van der Waals surface area contributed by atoms with E-state index in [2.05, 4.69) is 48.5 Å². The fraction of sp³-hybridized carbons (Fsp3) is 1.00. The van der Waals surface area contributed by atoms with E-state index in [1.54, 1.807) is 0 Å². The Morgan fingerprint density at radius 1 is 0.742 bits per heavy atom. The van der Waals surface area contributed by atoms with Gasteiger partial charge >= 0.3 is 0 Å². The summed E-state index contributed by atoms with van der Waals surface area (Å²) < 4.78 is 0. The number of aliphatic hydroxyl groups excluding tert-OH is 1. The van der Waals surface area contributed by atoms with Gasteiger partial charge in [0.15, 0.2) is 0 Å². The van der Waals surface area contributed by atoms with Crippen molar-refractivity contribution in [2.75, 3.05) is 6.61 Å². The molecule has 0 aromatic carbocycles. The van der Waals surface area contributed by atoms with Crippen molar-refractivity contribution in [3.63, 3.8) is 0 Å². The van der Waals surface area contributed by atoms with Crippen LogP contribution in [0.15, 0.2) is 0 Å². The first-order valence-corrected chi connectivity index (χ1v) is 14.2. The molecule has 1 nitrogen and oxygen atoms in total. The van der Waals surface area contributed by atoms with Crippen LogP contribution in [0, 0.1) is 75.4 Å². The third kappa shape index (κ3) is 3.10. The van der Waals surface area contributed by atoms with Gasteiger partial charge in [0.25, 0.3) is 0 Å². The van der Waals surface area contributed by atoms with E-state index in [1.165, 1.54) is 57.8 Å². The highest BCUT2D eigenvalue weighted by atomic mass is 16.3. The number of aliphatic hydroxyl groups is 1. The minimum absolute atomic E-state index is 0.438. The van der Waals surface area contributed by atoms with Crippen LogP contribution in [0.1, 0.15) is 106 Å². The zero-order valence-electron chi connectivity index (χ0n) is 21.8. The smallest absolute Gasteiger partial charge is 0.0462 e. The summed E-state index contributed by atoms with van der Waals surface area (Å²) in [7, 11) is 0. The van der Waals surface area contributed by atoms with Crippen LogP contribution in [0.3, 0.4) is 0 Å². The predicted octanol–water partition coefficient (Wildman–Crippen LogP) is 7.82. The molecule has 11 unspecified atom stereocenters. The van der Waals surface area contributed by atoms with Crippen LogP contribution in [-0.4, -0.2) is 11.7 Å². The molecule has 178 valence electrons. The lowest BCUT2D eigenvalue weighted by atomic mass is 9.46. The Labute approximate surface area is 193 Å². The first kappa shape index (κ1) is 22.7. The molecule has 1 N–H and O–H groups in total. The Morgan fingerprint density at radius 3 is 2.06 bits per heavy atom. The molecule has 0 spiro atoms. The van der Waals surface area contributed by atoms with E-state index in [0.717, 1.165) is 53.3 Å². The van der Waals surface area contributed by atoms with Gasteiger partial charge in [0, 0.05) is 6.61 Å². The maximum absolute atomic E-state index is 9.98. The van der Waals surface area contributed by atoms with Crippen LogP contribution in [0.2, 0.25) is 0 Å². The van der Waals surface area contributed by atoms with Crippen molar-refractivity contribution < 1.29 is 5.11 Å². The van der Waals surface area contributed by atoms with Gasteiger partial charge in [-0.15, -0.1) is 0 Å². The van der Waals surface area contributed by atoms with Crippen LogP contribution in [0.5, 0.6) is 0 Å². The van der Waals surface area contributed by atoms with Gasteiger partial charge in [-0.05, 0) is 133 Å². The van der Waals surface area contributed by atoms with E-state index in [-0.39, 0.29) is 0 Å². The minimum Gasteiger partial charge on any atom is -0.396 e. The van der Waals surface area contributed by atoms with E-state index in [9.17, 15) is 5.11 Å². The topological polar surface area (TPSA) is 20.2 Å². The van der Waals surface area contributed by atoms with E-state index in [1.807, 2.05) is 0 Å². The molecule has 0 amide bonds. The number of rotatable bonds is 5. The molecule has 5 aliphatic carbocycles. The number of hydrogen-bond acceptors (Lipinski definition) is 1. The molecular weight excluding hydrogens is 376 g/mol. The van der Waals surface area contributed by atoms with Gasteiger partial charge in [-0.1, -0.05) is 48.5 Å². The highest BCUT2D eigenvalue weighted by molar-refractivity contribution is 5.13. The Morgan fingerprint density at radius 2 is 1.39 bits per heavy atom. The predicted molar refractivity (Wildman–Crippen MR) is 131 cm³/mol. The van der Waals surface area contributed by atoms with E-state index < -0.39 is 0 Å². The first-order valence-electron chi connectivity index (χ1n) is 14.2. The van der Waals surface area contributed by atoms with Crippen LogP contribution < -0.4 is 0 Å². The molecule has 0 radical (unpaired) electrons. The summed E-state index contributed by atoms with van der Waals surface area (Å²) in [6.45, 7) is 18.5. The molecule has 0 aliphatic heterocycles. The zero-order valence-corrected chi connectivity index (χ0v) is 21.8. The Hall–Kier alpha value is -0.0400. The van der Waals surface area contributed by atoms with Crippen LogP contribution in [0.4, 0.5) is 0 Å². The normalized spacial score (nSPS) is 55.5. The largest absolute Gasteiger partial charge is 0.396 e. The third-order valence-corrected chi connectivity index (χ3v) is 13.5. The van der Waals surface area contributed by atoms with Crippen LogP contribution in [0.25, 0.3) is 0 Å². The summed E-state index contributed by atoms with van der Waals surface area (Å²) in [5, 5.41) is 9.98. The summed E-state index contributed by atoms with van der Waals surface area (Å²) in [6, 6.07) is 0. The second-order valence-electron chi connectivity index (χ2n) is 14.5. The number of fused-ring (bicyclic) bond motifs is 5. The van der Waals surface area contributed by atoms with Gasteiger partial charge < -0.3 is 5.11 Å². The molecular formula is C30H52O. The Balaban J connectivity index is 1.33. The SMILES string of the molecule is CC(C1CCC2C3CCC4C(CO)CCC4(C)C3CCC12C)C1CC1(C)[C@H](C)C(C)C. The maximum Gasteiger partial charge on any atom is 0.0462 e. The molecule has 5 fully saturated rings. The molecule has 31 heavy (non-hydrogen) atoms. The highest BCUT2D eigenvalue weighted by Gasteiger charge is 2.64. The average molecular weight is 429 g/mol. The lowest BCUT2D eigenvalue weighted by Crippen LogP contribution is -2.51. The van der Waals surface area contributed by atoms with E-state index in [4.69, 9.17) is 0 Å². The van der Waals surface area contributed by atoms with Crippen molar-refractivity contribution >= 4 is 0 Å². The second kappa shape index (κ2) is 7.48. The quantitative estimate of drug-likeness (QED) is 0.473. The van der Waals surface area contributed by atoms with Gasteiger partial charge in [-0.2, -0.15) is 0 Å². The molecule has 0 aromatic heterocycles. The van der Waals surface area contributed by atoms with Gasteiger partial charge in [-0.25, -0.2) is 0 Å². The van der Waals surface area contributed by atoms with Crippen molar-refractivity contribution in [3.8, 4) is 0 Å². The van der Waals surface area contributed by atoms with Crippen molar-refractivity contribution in [2.24, 2.45) is 75.4 Å². The lowest BCUT2D eigenvalue weighted by Gasteiger charge is -2.58. The van der Waals surface area contributed by atoms with Crippen molar-refractivity contribution in [3.05, 3.63) is 0 Å². The molecule has 0 aromatic rings. The molecule has 5 rings (SSSR count). The second-order valence-corrected chi connectivity index (χ2v) is 14.5. The first-order chi connectivity index (χ1) is 14.6. The zero-order chi connectivity index (χ0) is 22.3. The molecule has 0 bridgehead atoms. The van der Waals surface area contributed by atoms with Crippen molar-refractivity contribution in [1.29, 1.82) is 0 Å². The molecule has 12 atom stereocenters. The fourth-order valence-corrected chi connectivity index (χ4v) is 11.2. The number of hydrogen-bond donors (Lipinski definition) is 1. The molecule has 5 saturated carbocycles. The standard InChI is InChI=1S/C30H52O/c1-18(2)20(4)30(7)16-27(30)19(3)23-10-11-25-22-8-9-24-21(17-31)12-14-29(24,6)26(22)13-15-28(23,25)5/h18-27,31H,8-17H2,1-7H3/t19?,20-,21?,22?,23?,24?,25?,26?,27?,28?,29?,30?/m1/s1. The van der Waals surface area contributed by atoms with Crippen molar-refractivity contribution in [2.45, 2.75) is 106 Å². The fourth-order valence-electron chi connectivity index (χ4n) is 11.2. The van der Waals surface area contributed by atoms with E-state index in [0.29, 0.717) is 28.8 Å². The molecule has 1 heteroatoms. The third-order valence-electron chi connectivity index (χ3n) is 13.5. The average Bonchev–Trinajstić information content (AvgIpc) is 3.12. The van der Waals surface area contributed by atoms with Crippen LogP contribution in [-0.2, 0) is 0 Å².